The molecule has 2 aromatic carbocycles. The van der Waals surface area contributed by atoms with Crippen molar-refractivity contribution in [2.75, 3.05) is 10.0 Å². The summed E-state index contributed by atoms with van der Waals surface area (Å²) in [6.45, 7) is 0. The Bertz CT molecular complexity index is 1020. The number of anilines is 2. The Morgan fingerprint density at radius 1 is 1.07 bits per heavy atom. The Morgan fingerprint density at radius 3 is 2.46 bits per heavy atom. The van der Waals surface area contributed by atoms with Gasteiger partial charge in [0.05, 0.1) is 27.4 Å². The molecule has 0 atom stereocenters. The molecule has 3 N–H and O–H groups in total. The van der Waals surface area contributed by atoms with Gasteiger partial charge in [0.15, 0.2) is 0 Å². The first-order valence-electron chi connectivity index (χ1n) is 7.65. The third-order valence-electron chi connectivity index (χ3n) is 4.13. The van der Waals surface area contributed by atoms with Gasteiger partial charge in [-0.25, -0.2) is 10.0 Å². The first-order chi connectivity index (χ1) is 12.8. The molecule has 1 radical (unpaired) electrons. The van der Waals surface area contributed by atoms with Gasteiger partial charge in [-0.05, 0) is 35.9 Å². The highest BCUT2D eigenvalue weighted by Gasteiger charge is 2.40. The minimum atomic E-state index is -4.56. The van der Waals surface area contributed by atoms with Crippen molar-refractivity contribution in [1.29, 1.82) is 0 Å². The predicted octanol–water partition coefficient (Wildman–Crippen LogP) is 3.00. The molecular formula is C17H12F3N4O4. The second kappa shape index (κ2) is 6.55. The Balaban J connectivity index is 0.00000225. The standard InChI is InChI=1S/C17H10F3N4O3.H2O/c18-17(19,20)10-4-3-5-11(8-10)22-16(25)15-9-14(24(26)27)12-6-1-2-7-13(12)23(15)21-22;/h1-9,25H;1H2. The molecule has 2 aromatic rings. The van der Waals surface area contributed by atoms with Gasteiger partial charge < -0.3 is 10.6 Å². The fourth-order valence-electron chi connectivity index (χ4n) is 2.91. The van der Waals surface area contributed by atoms with E-state index in [0.717, 1.165) is 23.2 Å². The van der Waals surface area contributed by atoms with Gasteiger partial charge in [-0.2, -0.15) is 13.2 Å². The number of alkyl halides is 3. The van der Waals surface area contributed by atoms with Crippen LogP contribution in [-0.2, 0) is 6.18 Å². The SMILES string of the molecule is O.O=[N+]([O-])C1=CC2=C(O)N(c3cccc(C(F)(F)F)c3)[N]N2c2ccccc21. The summed E-state index contributed by atoms with van der Waals surface area (Å²) in [5.74, 6) is -0.511. The number of hydrogen-bond acceptors (Lipinski definition) is 5. The first kappa shape index (κ1) is 19.2. The van der Waals surface area contributed by atoms with E-state index < -0.39 is 22.5 Å². The molecule has 28 heavy (non-hydrogen) atoms. The van der Waals surface area contributed by atoms with Crippen molar-refractivity contribution < 1.29 is 28.7 Å². The smallest absolute Gasteiger partial charge is 0.416 e. The summed E-state index contributed by atoms with van der Waals surface area (Å²) in [4.78, 5) is 10.8. The van der Waals surface area contributed by atoms with Gasteiger partial charge in [-0.3, -0.25) is 10.1 Å². The zero-order valence-corrected chi connectivity index (χ0v) is 13.9. The monoisotopic (exact) mass is 393 g/mol. The molecule has 0 saturated heterocycles. The molecule has 11 heteroatoms. The summed E-state index contributed by atoms with van der Waals surface area (Å²) < 4.78 is 38.9. The van der Waals surface area contributed by atoms with Crippen molar-refractivity contribution in [3.63, 3.8) is 0 Å². The number of fused-ring (bicyclic) bond motifs is 3. The molecule has 0 bridgehead atoms. The maximum Gasteiger partial charge on any atom is 0.416 e. The Kier molecular flexibility index (Phi) is 4.49. The van der Waals surface area contributed by atoms with E-state index in [2.05, 4.69) is 5.53 Å². The van der Waals surface area contributed by atoms with Crippen LogP contribution in [0.5, 0.6) is 0 Å². The Morgan fingerprint density at radius 2 is 1.79 bits per heavy atom. The average molecular weight is 393 g/mol. The normalized spacial score (nSPS) is 15.6. The van der Waals surface area contributed by atoms with E-state index in [1.54, 1.807) is 18.2 Å². The van der Waals surface area contributed by atoms with Crippen molar-refractivity contribution >= 4 is 17.1 Å². The minimum Gasteiger partial charge on any atom is -0.492 e. The van der Waals surface area contributed by atoms with E-state index in [1.165, 1.54) is 23.2 Å². The van der Waals surface area contributed by atoms with Gasteiger partial charge in [0.1, 0.15) is 5.70 Å². The molecule has 0 aromatic heterocycles. The van der Waals surface area contributed by atoms with Gasteiger partial charge in [0.2, 0.25) is 5.88 Å². The first-order valence-corrected chi connectivity index (χ1v) is 7.65. The van der Waals surface area contributed by atoms with E-state index in [-0.39, 0.29) is 28.1 Å². The van der Waals surface area contributed by atoms with Crippen LogP contribution >= 0.6 is 0 Å². The number of allylic oxidation sites excluding steroid dienone is 1. The highest BCUT2D eigenvalue weighted by atomic mass is 19.4. The highest BCUT2D eigenvalue weighted by molar-refractivity contribution is 5.82. The van der Waals surface area contributed by atoms with Crippen LogP contribution in [0.3, 0.4) is 0 Å². The van der Waals surface area contributed by atoms with E-state index >= 15 is 0 Å². The van der Waals surface area contributed by atoms with Gasteiger partial charge in [-0.15, -0.1) is 0 Å². The van der Waals surface area contributed by atoms with Crippen molar-refractivity contribution in [1.82, 2.24) is 5.53 Å². The summed E-state index contributed by atoms with van der Waals surface area (Å²) in [6, 6.07) is 10.6. The zero-order chi connectivity index (χ0) is 19.3. The number of benzene rings is 2. The molecule has 2 aliphatic rings. The highest BCUT2D eigenvalue weighted by Crippen LogP contribution is 2.41. The second-order valence-corrected chi connectivity index (χ2v) is 5.77. The maximum atomic E-state index is 13.0. The molecule has 8 nitrogen and oxygen atoms in total. The minimum absolute atomic E-state index is 0. The van der Waals surface area contributed by atoms with Crippen LogP contribution in [0.4, 0.5) is 24.5 Å². The quantitative estimate of drug-likeness (QED) is 0.622. The lowest BCUT2D eigenvalue weighted by atomic mass is 10.0. The number of hydrogen-bond donors (Lipinski definition) is 1. The fourth-order valence-corrected chi connectivity index (χ4v) is 2.91. The summed E-state index contributed by atoms with van der Waals surface area (Å²) >= 11 is 0. The van der Waals surface area contributed by atoms with Crippen molar-refractivity contribution in [2.45, 2.75) is 6.18 Å². The van der Waals surface area contributed by atoms with Gasteiger partial charge >= 0.3 is 6.18 Å². The average Bonchev–Trinajstić information content (AvgIpc) is 2.97. The number of nitro groups is 1. The van der Waals surface area contributed by atoms with E-state index in [0.29, 0.717) is 5.69 Å². The molecule has 0 spiro atoms. The topological polar surface area (TPSA) is 115 Å². The maximum absolute atomic E-state index is 13.0. The Hall–Kier alpha value is -3.57. The molecule has 145 valence electrons. The van der Waals surface area contributed by atoms with E-state index in [1.807, 2.05) is 0 Å². The molecule has 4 rings (SSSR count). The number of halogens is 3. The number of para-hydroxylation sites is 1. The van der Waals surface area contributed by atoms with Crippen LogP contribution < -0.4 is 15.6 Å². The van der Waals surface area contributed by atoms with Crippen LogP contribution in [-0.4, -0.2) is 15.5 Å². The number of nitrogens with zero attached hydrogens (tertiary/aromatic N) is 4. The molecule has 0 amide bonds. The molecular weight excluding hydrogens is 381 g/mol. The van der Waals surface area contributed by atoms with Gasteiger partial charge in [-0.1, -0.05) is 18.2 Å². The summed E-state index contributed by atoms with van der Waals surface area (Å²) in [5.41, 5.74) is 3.57. The number of aliphatic hydroxyl groups is 1. The molecule has 0 fully saturated rings. The van der Waals surface area contributed by atoms with Gasteiger partial charge in [0.25, 0.3) is 5.70 Å². The van der Waals surface area contributed by atoms with Crippen LogP contribution in [0, 0.1) is 10.1 Å². The molecule has 2 aliphatic heterocycles. The fraction of sp³-hybridized carbons (Fsp3) is 0.0588. The van der Waals surface area contributed by atoms with Crippen molar-refractivity contribution in [3.8, 4) is 0 Å². The largest absolute Gasteiger partial charge is 0.492 e. The van der Waals surface area contributed by atoms with Crippen LogP contribution in [0.2, 0.25) is 0 Å². The lowest BCUT2D eigenvalue weighted by Crippen LogP contribution is -2.36. The predicted molar refractivity (Wildman–Crippen MR) is 93.2 cm³/mol. The molecule has 0 aliphatic carbocycles. The number of rotatable bonds is 2. The van der Waals surface area contributed by atoms with Crippen LogP contribution in [0.25, 0.3) is 5.70 Å². The van der Waals surface area contributed by atoms with Crippen LogP contribution in [0.15, 0.2) is 66.2 Å². The second-order valence-electron chi connectivity index (χ2n) is 5.77. The molecule has 2 heterocycles. The summed E-state index contributed by atoms with van der Waals surface area (Å²) in [6.07, 6.45) is -3.42. The van der Waals surface area contributed by atoms with E-state index in [4.69, 9.17) is 0 Å². The third-order valence-corrected chi connectivity index (χ3v) is 4.13. The summed E-state index contributed by atoms with van der Waals surface area (Å²) in [5, 5.41) is 24.0. The molecule has 0 saturated carbocycles. The van der Waals surface area contributed by atoms with Crippen LogP contribution in [0.1, 0.15) is 11.1 Å². The lowest BCUT2D eigenvalue weighted by Gasteiger charge is -2.24. The summed E-state index contributed by atoms with van der Waals surface area (Å²) in [7, 11) is 0. The Labute approximate surface area is 155 Å². The molecule has 0 unspecified atom stereocenters. The third kappa shape index (κ3) is 2.92. The number of aliphatic hydroxyl groups excluding tert-OH is 1. The lowest BCUT2D eigenvalue weighted by molar-refractivity contribution is -0.375. The van der Waals surface area contributed by atoms with Crippen molar-refractivity contribution in [2.24, 2.45) is 0 Å². The zero-order valence-electron chi connectivity index (χ0n) is 13.9. The van der Waals surface area contributed by atoms with Crippen molar-refractivity contribution in [3.05, 3.63) is 87.4 Å². The van der Waals surface area contributed by atoms with E-state index in [9.17, 15) is 28.4 Å². The van der Waals surface area contributed by atoms with Gasteiger partial charge in [0, 0.05) is 6.08 Å².